The topological polar surface area (TPSA) is 61.3 Å². The molecule has 0 radical (unpaired) electrons. The van der Waals surface area contributed by atoms with Crippen molar-refractivity contribution in [1.82, 2.24) is 0 Å². The Labute approximate surface area is 121 Å². The Morgan fingerprint density at radius 1 is 1.32 bits per heavy atom. The molecule has 4 N–H and O–H groups in total. The van der Waals surface area contributed by atoms with Crippen molar-refractivity contribution in [2.75, 3.05) is 19.1 Å². The van der Waals surface area contributed by atoms with Gasteiger partial charge in [0.15, 0.2) is 0 Å². The zero-order valence-electron chi connectivity index (χ0n) is 11.9. The van der Waals surface area contributed by atoms with Gasteiger partial charge in [-0.15, -0.1) is 0 Å². The van der Waals surface area contributed by atoms with Crippen LogP contribution in [0.25, 0.3) is 0 Å². The molecule has 0 amide bonds. The second kappa shape index (κ2) is 16.4. The molecule has 0 saturated heterocycles. The molecule has 0 atom stereocenters. The summed E-state index contributed by atoms with van der Waals surface area (Å²) in [5.41, 5.74) is 12.3. The van der Waals surface area contributed by atoms with E-state index in [-0.39, 0.29) is 0 Å². The molecule has 3 nitrogen and oxygen atoms in total. The highest BCUT2D eigenvalue weighted by molar-refractivity contribution is 7.93. The summed E-state index contributed by atoms with van der Waals surface area (Å²) in [6.45, 7) is 5.41. The predicted octanol–water partition coefficient (Wildman–Crippen LogP) is 3.77. The van der Waals surface area contributed by atoms with Gasteiger partial charge in [0.25, 0.3) is 0 Å². The first kappa shape index (κ1) is 19.7. The minimum Gasteiger partial charge on any atom is -0.399 e. The lowest BCUT2D eigenvalue weighted by molar-refractivity contribution is 0.493. The lowest BCUT2D eigenvalue weighted by Gasteiger charge is -1.84. The average molecular weight is 280 g/mol. The fourth-order valence-corrected chi connectivity index (χ4v) is 0.837. The van der Waals surface area contributed by atoms with Crippen LogP contribution in [-0.2, 0) is 4.18 Å². The Balaban J connectivity index is 0. The number of para-hydroxylation sites is 1. The van der Waals surface area contributed by atoms with Crippen molar-refractivity contribution in [2.24, 2.45) is 5.73 Å². The van der Waals surface area contributed by atoms with Gasteiger partial charge in [0.05, 0.1) is 7.11 Å². The Morgan fingerprint density at radius 3 is 2.11 bits per heavy atom. The lowest BCUT2D eigenvalue weighted by Crippen LogP contribution is -1.90. The monoisotopic (exact) mass is 280 g/mol. The van der Waals surface area contributed by atoms with Crippen LogP contribution in [0.3, 0.4) is 0 Å². The summed E-state index contributed by atoms with van der Waals surface area (Å²) in [6, 6.07) is 9.49. The Bertz CT molecular complexity index is 360. The molecule has 0 heterocycles. The van der Waals surface area contributed by atoms with E-state index in [2.05, 4.69) is 10.8 Å². The average Bonchev–Trinajstić information content (AvgIpc) is 2.41. The first-order valence-electron chi connectivity index (χ1n) is 5.70. The summed E-state index contributed by atoms with van der Waals surface area (Å²) in [5, 5.41) is 0. The SMILES string of the molecule is C=C/C=C(N)\C=C/C.COSC.Nc1ccccc1. The highest BCUT2D eigenvalue weighted by Crippen LogP contribution is 1.95. The minimum absolute atomic E-state index is 0.738. The number of allylic oxidation sites excluding steroid dienone is 4. The van der Waals surface area contributed by atoms with Crippen molar-refractivity contribution in [3.8, 4) is 0 Å². The molecule has 0 saturated carbocycles. The minimum atomic E-state index is 0.738. The van der Waals surface area contributed by atoms with Crippen molar-refractivity contribution in [1.29, 1.82) is 0 Å². The van der Waals surface area contributed by atoms with E-state index in [0.717, 1.165) is 11.4 Å². The molecule has 1 aromatic rings. The second-order valence-electron chi connectivity index (χ2n) is 3.15. The normalized spacial score (nSPS) is 9.95. The zero-order valence-corrected chi connectivity index (χ0v) is 12.7. The van der Waals surface area contributed by atoms with Crippen LogP contribution in [0.2, 0.25) is 0 Å². The number of rotatable bonds is 3. The molecule has 106 valence electrons. The van der Waals surface area contributed by atoms with Gasteiger partial charge in [-0.3, -0.25) is 0 Å². The van der Waals surface area contributed by atoms with E-state index >= 15 is 0 Å². The van der Waals surface area contributed by atoms with Crippen LogP contribution in [0.15, 0.2) is 66.9 Å². The van der Waals surface area contributed by atoms with Crippen LogP contribution in [0.1, 0.15) is 6.92 Å². The summed E-state index contributed by atoms with van der Waals surface area (Å²) in [4.78, 5) is 0. The van der Waals surface area contributed by atoms with Crippen molar-refractivity contribution in [2.45, 2.75) is 6.92 Å². The summed E-state index contributed by atoms with van der Waals surface area (Å²) >= 11 is 1.36. The summed E-state index contributed by atoms with van der Waals surface area (Å²) in [7, 11) is 1.64. The Kier molecular flexibility index (Phi) is 16.9. The smallest absolute Gasteiger partial charge is 0.0503 e. The van der Waals surface area contributed by atoms with Gasteiger partial charge < -0.3 is 15.7 Å². The van der Waals surface area contributed by atoms with E-state index < -0.39 is 0 Å². The maximum atomic E-state index is 5.40. The zero-order chi connectivity index (χ0) is 14.9. The van der Waals surface area contributed by atoms with E-state index in [1.165, 1.54) is 12.0 Å². The molecule has 0 unspecified atom stereocenters. The molecular formula is C15H24N2OS. The van der Waals surface area contributed by atoms with Crippen LogP contribution in [-0.4, -0.2) is 13.4 Å². The first-order chi connectivity index (χ1) is 9.12. The third-order valence-corrected chi connectivity index (χ3v) is 1.97. The Morgan fingerprint density at radius 2 is 1.84 bits per heavy atom. The van der Waals surface area contributed by atoms with Gasteiger partial charge in [-0.1, -0.05) is 36.9 Å². The molecule has 19 heavy (non-hydrogen) atoms. The molecular weight excluding hydrogens is 256 g/mol. The molecule has 0 spiro atoms. The van der Waals surface area contributed by atoms with Crippen LogP contribution in [0.4, 0.5) is 5.69 Å². The third kappa shape index (κ3) is 18.9. The quantitative estimate of drug-likeness (QED) is 0.502. The van der Waals surface area contributed by atoms with Crippen molar-refractivity contribution < 1.29 is 4.18 Å². The molecule has 0 fully saturated rings. The van der Waals surface area contributed by atoms with Crippen LogP contribution in [0.5, 0.6) is 0 Å². The van der Waals surface area contributed by atoms with Gasteiger partial charge >= 0.3 is 0 Å². The number of nitrogens with two attached hydrogens (primary N) is 2. The standard InChI is InChI=1S/C7H11N.C6H7N.C2H6OS/c1-3-5-7(8)6-4-2;7-6-4-2-1-3-5-6;1-3-4-2/h3-6H,1,8H2,2H3;1-5H,7H2;1-2H3/b6-4-,7-5+;;. The molecule has 0 aromatic heterocycles. The largest absolute Gasteiger partial charge is 0.399 e. The van der Waals surface area contributed by atoms with Gasteiger partial charge in [0.2, 0.25) is 0 Å². The number of nitrogen functional groups attached to an aromatic ring is 1. The lowest BCUT2D eigenvalue weighted by atomic mass is 10.3. The fraction of sp³-hybridized carbons (Fsp3) is 0.200. The molecule has 0 aliphatic carbocycles. The van der Waals surface area contributed by atoms with Crippen LogP contribution in [0, 0.1) is 0 Å². The summed E-state index contributed by atoms with van der Waals surface area (Å²) in [5.74, 6) is 0. The van der Waals surface area contributed by atoms with Gasteiger partial charge in [-0.2, -0.15) is 0 Å². The second-order valence-corrected chi connectivity index (χ2v) is 3.81. The molecule has 4 heteroatoms. The van der Waals surface area contributed by atoms with E-state index in [1.807, 2.05) is 55.7 Å². The Hall–Kier alpha value is -1.65. The summed E-state index contributed by atoms with van der Waals surface area (Å²) < 4.78 is 4.46. The third-order valence-electron chi connectivity index (χ3n) is 1.64. The van der Waals surface area contributed by atoms with Crippen molar-refractivity contribution in [3.05, 3.63) is 66.9 Å². The molecule has 0 aliphatic rings. The van der Waals surface area contributed by atoms with E-state index in [0.29, 0.717) is 0 Å². The highest BCUT2D eigenvalue weighted by atomic mass is 32.2. The van der Waals surface area contributed by atoms with Crippen molar-refractivity contribution in [3.63, 3.8) is 0 Å². The first-order valence-corrected chi connectivity index (χ1v) is 6.85. The van der Waals surface area contributed by atoms with Crippen LogP contribution < -0.4 is 11.5 Å². The molecule has 1 aromatic carbocycles. The van der Waals surface area contributed by atoms with E-state index in [1.54, 1.807) is 19.3 Å². The van der Waals surface area contributed by atoms with Gasteiger partial charge in [0.1, 0.15) is 0 Å². The fourth-order valence-electron chi connectivity index (χ4n) is 0.837. The number of hydrogen-bond acceptors (Lipinski definition) is 4. The number of benzene rings is 1. The van der Waals surface area contributed by atoms with E-state index in [4.69, 9.17) is 11.5 Å². The van der Waals surface area contributed by atoms with Crippen LogP contribution >= 0.6 is 12.0 Å². The highest BCUT2D eigenvalue weighted by Gasteiger charge is 1.72. The maximum absolute atomic E-state index is 5.40. The van der Waals surface area contributed by atoms with Gasteiger partial charge in [-0.05, 0) is 43.3 Å². The molecule has 0 bridgehead atoms. The molecule has 1 rings (SSSR count). The number of hydrogen-bond donors (Lipinski definition) is 2. The maximum Gasteiger partial charge on any atom is 0.0503 e. The number of anilines is 1. The van der Waals surface area contributed by atoms with Crippen molar-refractivity contribution >= 4 is 17.7 Å². The van der Waals surface area contributed by atoms with E-state index in [9.17, 15) is 0 Å². The summed E-state index contributed by atoms with van der Waals surface area (Å²) in [6.07, 6.45) is 8.99. The predicted molar refractivity (Wildman–Crippen MR) is 88.7 cm³/mol. The van der Waals surface area contributed by atoms with Gasteiger partial charge in [0, 0.05) is 17.6 Å². The van der Waals surface area contributed by atoms with Gasteiger partial charge in [-0.25, -0.2) is 0 Å². The molecule has 0 aliphatic heterocycles.